The molecule has 0 fully saturated rings. The number of nitrogens with zero attached hydrogens (tertiary/aromatic N) is 10. The van der Waals surface area contributed by atoms with Crippen molar-refractivity contribution in [2.45, 2.75) is 0 Å². The number of pyridine rings is 2. The number of benzene rings is 6. The summed E-state index contributed by atoms with van der Waals surface area (Å²) in [7, 11) is 0. The summed E-state index contributed by atoms with van der Waals surface area (Å²) in [5, 5.41) is 4.14. The summed E-state index contributed by atoms with van der Waals surface area (Å²) in [6, 6.07) is 57.1. The smallest absolute Gasteiger partial charge is 0.238 e. The average molecular weight is 797 g/mol. The Morgan fingerprint density at radius 2 is 0.629 bits per heavy atom. The van der Waals surface area contributed by atoms with E-state index in [2.05, 4.69) is 67.6 Å². The fourth-order valence-electron chi connectivity index (χ4n) is 8.50. The molecule has 6 aromatic carbocycles. The molecule has 10 heteroatoms. The average Bonchev–Trinajstić information content (AvgIpc) is 3.88. The molecular formula is C52H32N10. The van der Waals surface area contributed by atoms with Gasteiger partial charge in [0, 0.05) is 56.2 Å². The van der Waals surface area contributed by atoms with Gasteiger partial charge in [0.15, 0.2) is 23.3 Å². The molecule has 10 nitrogen and oxygen atoms in total. The van der Waals surface area contributed by atoms with Crippen molar-refractivity contribution in [3.8, 4) is 68.6 Å². The van der Waals surface area contributed by atoms with Crippen LogP contribution in [-0.4, -0.2) is 49.0 Å². The maximum absolute atomic E-state index is 5.14. The van der Waals surface area contributed by atoms with E-state index in [1.165, 1.54) is 0 Å². The summed E-state index contributed by atoms with van der Waals surface area (Å²) in [6.45, 7) is 0. The molecular weight excluding hydrogens is 765 g/mol. The molecule has 0 saturated heterocycles. The van der Waals surface area contributed by atoms with Crippen LogP contribution in [0.1, 0.15) is 0 Å². The zero-order chi connectivity index (χ0) is 41.0. The van der Waals surface area contributed by atoms with Crippen molar-refractivity contribution in [1.82, 2.24) is 49.0 Å². The zero-order valence-corrected chi connectivity index (χ0v) is 32.9. The standard InChI is InChI=1S/C52H32N10/c1-5-15-33(16-6-1)47-55-48(34-17-7-2-8-18-34)58-51(57-47)61-41-25-13-23-37(45(41)39-27-29-53-31-43(39)61)38-24-14-26-42-46(38)40-28-30-54-32-44(40)62(42)52-59-49(35-19-9-3-10-20-35)56-50(60-52)36-21-11-4-12-22-36/h1-32H. The van der Waals surface area contributed by atoms with Gasteiger partial charge in [-0.3, -0.25) is 19.1 Å². The van der Waals surface area contributed by atoms with Crippen LogP contribution in [-0.2, 0) is 0 Å². The van der Waals surface area contributed by atoms with Gasteiger partial charge in [0.05, 0.1) is 34.5 Å². The number of fused-ring (bicyclic) bond motifs is 6. The van der Waals surface area contributed by atoms with Gasteiger partial charge in [-0.15, -0.1) is 0 Å². The van der Waals surface area contributed by atoms with E-state index in [0.29, 0.717) is 35.2 Å². The Morgan fingerprint density at radius 1 is 0.290 bits per heavy atom. The van der Waals surface area contributed by atoms with Crippen LogP contribution in [0.3, 0.4) is 0 Å². The van der Waals surface area contributed by atoms with Crippen molar-refractivity contribution in [2.75, 3.05) is 0 Å². The minimum atomic E-state index is 0.502. The molecule has 0 amide bonds. The lowest BCUT2D eigenvalue weighted by atomic mass is 9.96. The Balaban J connectivity index is 1.12. The molecule has 6 heterocycles. The Morgan fingerprint density at radius 3 is 0.968 bits per heavy atom. The zero-order valence-electron chi connectivity index (χ0n) is 32.9. The maximum Gasteiger partial charge on any atom is 0.238 e. The van der Waals surface area contributed by atoms with Crippen LogP contribution in [0.2, 0.25) is 0 Å². The maximum atomic E-state index is 5.14. The fraction of sp³-hybridized carbons (Fsp3) is 0. The Hall–Kier alpha value is -8.76. The summed E-state index contributed by atoms with van der Waals surface area (Å²) in [4.78, 5) is 39.8. The molecule has 0 spiro atoms. The molecule has 0 radical (unpaired) electrons. The summed E-state index contributed by atoms with van der Waals surface area (Å²) in [6.07, 6.45) is 7.46. The third-order valence-corrected chi connectivity index (χ3v) is 11.3. The van der Waals surface area contributed by atoms with E-state index in [4.69, 9.17) is 29.9 Å². The first-order chi connectivity index (χ1) is 30.8. The normalized spacial score (nSPS) is 11.5. The highest BCUT2D eigenvalue weighted by Gasteiger charge is 2.24. The highest BCUT2D eigenvalue weighted by atomic mass is 15.2. The van der Waals surface area contributed by atoms with E-state index in [9.17, 15) is 0 Å². The molecule has 0 aliphatic heterocycles. The molecule has 62 heavy (non-hydrogen) atoms. The van der Waals surface area contributed by atoms with Crippen molar-refractivity contribution >= 4 is 43.6 Å². The van der Waals surface area contributed by atoms with Crippen LogP contribution in [0.25, 0.3) is 112 Å². The molecule has 0 aliphatic rings. The quantitative estimate of drug-likeness (QED) is 0.157. The molecule has 0 saturated carbocycles. The molecule has 290 valence electrons. The first-order valence-electron chi connectivity index (χ1n) is 20.3. The van der Waals surface area contributed by atoms with E-state index in [1.807, 2.05) is 146 Å². The Bertz CT molecular complexity index is 3270. The van der Waals surface area contributed by atoms with Crippen LogP contribution >= 0.6 is 0 Å². The largest absolute Gasteiger partial charge is 0.276 e. The molecule has 12 aromatic rings. The molecule has 6 aromatic heterocycles. The minimum absolute atomic E-state index is 0.502. The van der Waals surface area contributed by atoms with E-state index < -0.39 is 0 Å². The van der Waals surface area contributed by atoms with Gasteiger partial charge in [0.25, 0.3) is 0 Å². The Labute approximate surface area is 354 Å². The van der Waals surface area contributed by atoms with E-state index in [-0.39, 0.29) is 0 Å². The Kier molecular flexibility index (Phi) is 8.24. The highest BCUT2D eigenvalue weighted by molar-refractivity contribution is 6.22. The second kappa shape index (κ2) is 14.5. The van der Waals surface area contributed by atoms with Gasteiger partial charge < -0.3 is 0 Å². The number of hydrogen-bond acceptors (Lipinski definition) is 8. The summed E-state index contributed by atoms with van der Waals surface area (Å²) >= 11 is 0. The van der Waals surface area contributed by atoms with Crippen LogP contribution in [0.4, 0.5) is 0 Å². The van der Waals surface area contributed by atoms with Crippen molar-refractivity contribution in [1.29, 1.82) is 0 Å². The van der Waals surface area contributed by atoms with Gasteiger partial charge in [-0.1, -0.05) is 146 Å². The topological polar surface area (TPSA) is 113 Å². The lowest BCUT2D eigenvalue weighted by Crippen LogP contribution is -2.06. The molecule has 0 aliphatic carbocycles. The number of rotatable bonds is 7. The minimum Gasteiger partial charge on any atom is -0.276 e. The van der Waals surface area contributed by atoms with Gasteiger partial charge >= 0.3 is 0 Å². The van der Waals surface area contributed by atoms with Crippen LogP contribution < -0.4 is 0 Å². The highest BCUT2D eigenvalue weighted by Crippen LogP contribution is 2.43. The molecule has 0 unspecified atom stereocenters. The van der Waals surface area contributed by atoms with Crippen LogP contribution in [0.5, 0.6) is 0 Å². The summed E-state index contributed by atoms with van der Waals surface area (Å²) < 4.78 is 4.21. The molecule has 0 atom stereocenters. The molecule has 12 rings (SSSR count). The first-order valence-corrected chi connectivity index (χ1v) is 20.3. The van der Waals surface area contributed by atoms with Crippen LogP contribution in [0.15, 0.2) is 195 Å². The van der Waals surface area contributed by atoms with Gasteiger partial charge in [0.2, 0.25) is 11.9 Å². The summed E-state index contributed by atoms with van der Waals surface area (Å²) in [5.41, 5.74) is 9.33. The van der Waals surface area contributed by atoms with E-state index in [1.54, 1.807) is 0 Å². The second-order valence-corrected chi connectivity index (χ2v) is 14.9. The van der Waals surface area contributed by atoms with E-state index >= 15 is 0 Å². The molecule has 0 bridgehead atoms. The van der Waals surface area contributed by atoms with Gasteiger partial charge in [-0.25, -0.2) is 9.97 Å². The lowest BCUT2D eigenvalue weighted by molar-refractivity contribution is 0.951. The molecule has 0 N–H and O–H groups in total. The van der Waals surface area contributed by atoms with Gasteiger partial charge in [-0.2, -0.15) is 19.9 Å². The van der Waals surface area contributed by atoms with Crippen molar-refractivity contribution < 1.29 is 0 Å². The number of aromatic nitrogens is 10. The van der Waals surface area contributed by atoms with Crippen molar-refractivity contribution in [2.24, 2.45) is 0 Å². The van der Waals surface area contributed by atoms with Crippen molar-refractivity contribution in [3.05, 3.63) is 195 Å². The second-order valence-electron chi connectivity index (χ2n) is 14.9. The van der Waals surface area contributed by atoms with Gasteiger partial charge in [-0.05, 0) is 35.4 Å². The SMILES string of the molecule is c1ccc(-c2nc(-c3ccccc3)nc(-n3c4cnccc4c4c(-c5cccc6c5c5ccncc5n6-c5nc(-c6ccccc6)nc(-c6ccccc6)n5)cccc43)n2)cc1. The first kappa shape index (κ1) is 35.2. The number of hydrogen-bond donors (Lipinski definition) is 0. The summed E-state index contributed by atoms with van der Waals surface area (Å²) in [5.74, 6) is 3.34. The predicted octanol–water partition coefficient (Wildman–Crippen LogP) is 11.4. The van der Waals surface area contributed by atoms with Crippen LogP contribution in [0, 0.1) is 0 Å². The predicted molar refractivity (Wildman–Crippen MR) is 245 cm³/mol. The monoisotopic (exact) mass is 796 g/mol. The fourth-order valence-corrected chi connectivity index (χ4v) is 8.50. The third kappa shape index (κ3) is 5.81. The van der Waals surface area contributed by atoms with Gasteiger partial charge in [0.1, 0.15) is 0 Å². The van der Waals surface area contributed by atoms with E-state index in [0.717, 1.165) is 77.0 Å². The third-order valence-electron chi connectivity index (χ3n) is 11.3. The van der Waals surface area contributed by atoms with Crippen molar-refractivity contribution in [3.63, 3.8) is 0 Å². The lowest BCUT2D eigenvalue weighted by Gasteiger charge is -2.12.